The Kier molecular flexibility index (Phi) is 4.23. The Morgan fingerprint density at radius 2 is 1.84 bits per heavy atom. The van der Waals surface area contributed by atoms with E-state index in [1.54, 1.807) is 0 Å². The molecule has 2 aromatic carbocycles. The summed E-state index contributed by atoms with van der Waals surface area (Å²) in [5.74, 6) is 0. The highest BCUT2D eigenvalue weighted by Crippen LogP contribution is 2.33. The second kappa shape index (κ2) is 5.72. The Morgan fingerprint density at radius 1 is 1.16 bits per heavy atom. The third-order valence-electron chi connectivity index (χ3n) is 4.30. The first-order valence-electron chi connectivity index (χ1n) is 6.97. The van der Waals surface area contributed by atoms with E-state index >= 15 is 0 Å². The van der Waals surface area contributed by atoms with E-state index < -0.39 is 0 Å². The van der Waals surface area contributed by atoms with Crippen LogP contribution in [0.4, 0.5) is 0 Å². The Balaban J connectivity index is 2.49. The molecule has 2 rings (SSSR count). The normalized spacial score (nSPS) is 16.2. The summed E-state index contributed by atoms with van der Waals surface area (Å²) < 4.78 is 0. The SMILES string of the molecule is CCC(N)C(C)(CCO)c1ccc2ccccc2c1. The van der Waals surface area contributed by atoms with Gasteiger partial charge in [0, 0.05) is 18.1 Å². The quantitative estimate of drug-likeness (QED) is 0.864. The molecule has 0 fully saturated rings. The third-order valence-corrected chi connectivity index (χ3v) is 4.30. The molecule has 19 heavy (non-hydrogen) atoms. The highest BCUT2D eigenvalue weighted by molar-refractivity contribution is 5.83. The molecule has 102 valence electrons. The molecule has 0 aliphatic carbocycles. The van der Waals surface area contributed by atoms with Gasteiger partial charge in [-0.05, 0) is 29.2 Å². The van der Waals surface area contributed by atoms with E-state index in [-0.39, 0.29) is 18.1 Å². The summed E-state index contributed by atoms with van der Waals surface area (Å²) in [6.07, 6.45) is 1.60. The fourth-order valence-electron chi connectivity index (χ4n) is 2.77. The summed E-state index contributed by atoms with van der Waals surface area (Å²) in [6, 6.07) is 14.9. The molecule has 2 heteroatoms. The van der Waals surface area contributed by atoms with Gasteiger partial charge < -0.3 is 10.8 Å². The van der Waals surface area contributed by atoms with Crippen molar-refractivity contribution in [2.45, 2.75) is 38.1 Å². The van der Waals surface area contributed by atoms with Crippen LogP contribution >= 0.6 is 0 Å². The smallest absolute Gasteiger partial charge is 0.0440 e. The van der Waals surface area contributed by atoms with E-state index in [1.807, 2.05) is 6.07 Å². The Labute approximate surface area is 115 Å². The maximum atomic E-state index is 9.37. The van der Waals surface area contributed by atoms with Crippen LogP contribution in [0.1, 0.15) is 32.3 Å². The zero-order valence-electron chi connectivity index (χ0n) is 11.8. The van der Waals surface area contributed by atoms with E-state index in [1.165, 1.54) is 16.3 Å². The predicted molar refractivity (Wildman–Crippen MR) is 81.3 cm³/mol. The lowest BCUT2D eigenvalue weighted by molar-refractivity contribution is 0.223. The van der Waals surface area contributed by atoms with Crippen molar-refractivity contribution in [3.05, 3.63) is 48.0 Å². The Bertz CT molecular complexity index is 552. The van der Waals surface area contributed by atoms with Crippen LogP contribution in [-0.2, 0) is 5.41 Å². The molecular weight excluding hydrogens is 234 g/mol. The van der Waals surface area contributed by atoms with Gasteiger partial charge in [-0.1, -0.05) is 56.3 Å². The second-order valence-electron chi connectivity index (χ2n) is 5.47. The molecule has 0 radical (unpaired) electrons. The lowest BCUT2D eigenvalue weighted by atomic mass is 9.72. The maximum Gasteiger partial charge on any atom is 0.0440 e. The van der Waals surface area contributed by atoms with Crippen molar-refractivity contribution in [2.75, 3.05) is 6.61 Å². The topological polar surface area (TPSA) is 46.2 Å². The van der Waals surface area contributed by atoms with Crippen molar-refractivity contribution in [3.63, 3.8) is 0 Å². The average molecular weight is 257 g/mol. The van der Waals surface area contributed by atoms with Gasteiger partial charge in [0.05, 0.1) is 0 Å². The minimum Gasteiger partial charge on any atom is -0.396 e. The van der Waals surface area contributed by atoms with Gasteiger partial charge >= 0.3 is 0 Å². The van der Waals surface area contributed by atoms with Crippen LogP contribution in [0.25, 0.3) is 10.8 Å². The standard InChI is InChI=1S/C17H23NO/c1-3-16(18)17(2,10-11-19)15-9-8-13-6-4-5-7-14(13)12-15/h4-9,12,16,19H,3,10-11,18H2,1-2H3. The number of hydrogen-bond donors (Lipinski definition) is 2. The zero-order chi connectivity index (χ0) is 13.9. The summed E-state index contributed by atoms with van der Waals surface area (Å²) in [4.78, 5) is 0. The van der Waals surface area contributed by atoms with Crippen molar-refractivity contribution in [2.24, 2.45) is 5.73 Å². The number of aliphatic hydroxyl groups is 1. The van der Waals surface area contributed by atoms with E-state index in [0.29, 0.717) is 6.42 Å². The van der Waals surface area contributed by atoms with Crippen molar-refractivity contribution in [1.82, 2.24) is 0 Å². The number of rotatable bonds is 5. The largest absolute Gasteiger partial charge is 0.396 e. The van der Waals surface area contributed by atoms with Gasteiger partial charge in [0.2, 0.25) is 0 Å². The van der Waals surface area contributed by atoms with Crippen LogP contribution in [0.5, 0.6) is 0 Å². The van der Waals surface area contributed by atoms with Crippen LogP contribution in [0.3, 0.4) is 0 Å². The van der Waals surface area contributed by atoms with E-state index in [2.05, 4.69) is 50.2 Å². The monoisotopic (exact) mass is 257 g/mol. The number of benzene rings is 2. The van der Waals surface area contributed by atoms with Gasteiger partial charge in [-0.2, -0.15) is 0 Å². The number of nitrogens with two attached hydrogens (primary N) is 1. The first kappa shape index (κ1) is 14.0. The molecule has 0 saturated heterocycles. The van der Waals surface area contributed by atoms with Gasteiger partial charge in [0.15, 0.2) is 0 Å². The van der Waals surface area contributed by atoms with Crippen LogP contribution in [0.15, 0.2) is 42.5 Å². The van der Waals surface area contributed by atoms with E-state index in [0.717, 1.165) is 6.42 Å². The van der Waals surface area contributed by atoms with Crippen LogP contribution in [0, 0.1) is 0 Å². The maximum absolute atomic E-state index is 9.37. The van der Waals surface area contributed by atoms with Crippen molar-refractivity contribution >= 4 is 10.8 Å². The molecular formula is C17H23NO. The Hall–Kier alpha value is -1.38. The van der Waals surface area contributed by atoms with Gasteiger partial charge in [-0.25, -0.2) is 0 Å². The molecule has 0 aliphatic rings. The van der Waals surface area contributed by atoms with E-state index in [9.17, 15) is 5.11 Å². The summed E-state index contributed by atoms with van der Waals surface area (Å²) in [7, 11) is 0. The molecule has 0 aliphatic heterocycles. The number of aliphatic hydroxyl groups excluding tert-OH is 1. The predicted octanol–water partition coefficient (Wildman–Crippen LogP) is 3.22. The van der Waals surface area contributed by atoms with Crippen LogP contribution in [-0.4, -0.2) is 17.8 Å². The fourth-order valence-corrected chi connectivity index (χ4v) is 2.77. The first-order chi connectivity index (χ1) is 9.11. The first-order valence-corrected chi connectivity index (χ1v) is 6.97. The van der Waals surface area contributed by atoms with Crippen molar-refractivity contribution in [3.8, 4) is 0 Å². The molecule has 3 N–H and O–H groups in total. The van der Waals surface area contributed by atoms with Gasteiger partial charge in [0.1, 0.15) is 0 Å². The van der Waals surface area contributed by atoms with Gasteiger partial charge in [0.25, 0.3) is 0 Å². The van der Waals surface area contributed by atoms with Crippen LogP contribution < -0.4 is 5.73 Å². The molecule has 2 aromatic rings. The minimum absolute atomic E-state index is 0.0563. The van der Waals surface area contributed by atoms with Gasteiger partial charge in [-0.15, -0.1) is 0 Å². The zero-order valence-corrected chi connectivity index (χ0v) is 11.8. The molecule has 2 nitrogen and oxygen atoms in total. The summed E-state index contributed by atoms with van der Waals surface area (Å²) in [5.41, 5.74) is 7.35. The Morgan fingerprint density at radius 3 is 2.47 bits per heavy atom. The summed E-state index contributed by atoms with van der Waals surface area (Å²) in [5, 5.41) is 11.8. The molecule has 0 bridgehead atoms. The van der Waals surface area contributed by atoms with Gasteiger partial charge in [-0.3, -0.25) is 0 Å². The molecule has 0 aromatic heterocycles. The van der Waals surface area contributed by atoms with Crippen LogP contribution in [0.2, 0.25) is 0 Å². The molecule has 0 spiro atoms. The third kappa shape index (κ3) is 2.65. The lowest BCUT2D eigenvalue weighted by Gasteiger charge is -2.35. The number of hydrogen-bond acceptors (Lipinski definition) is 2. The van der Waals surface area contributed by atoms with Crippen molar-refractivity contribution < 1.29 is 5.11 Å². The lowest BCUT2D eigenvalue weighted by Crippen LogP contribution is -2.43. The molecule has 2 unspecified atom stereocenters. The molecule has 0 amide bonds. The summed E-state index contributed by atoms with van der Waals surface area (Å²) in [6.45, 7) is 4.42. The van der Waals surface area contributed by atoms with Crippen molar-refractivity contribution in [1.29, 1.82) is 0 Å². The average Bonchev–Trinajstić information content (AvgIpc) is 2.46. The minimum atomic E-state index is -0.173. The van der Waals surface area contributed by atoms with E-state index in [4.69, 9.17) is 5.73 Å². The molecule has 0 heterocycles. The highest BCUT2D eigenvalue weighted by atomic mass is 16.3. The highest BCUT2D eigenvalue weighted by Gasteiger charge is 2.32. The fraction of sp³-hybridized carbons (Fsp3) is 0.412. The molecule has 0 saturated carbocycles. The second-order valence-corrected chi connectivity index (χ2v) is 5.47. The molecule has 2 atom stereocenters. The summed E-state index contributed by atoms with van der Waals surface area (Å²) >= 11 is 0. The number of fused-ring (bicyclic) bond motifs is 1.